The van der Waals surface area contributed by atoms with Crippen LogP contribution in [0.2, 0.25) is 0 Å². The zero-order valence-electron chi connectivity index (χ0n) is 10.6. The minimum Gasteiger partial charge on any atom is -0.354 e. The number of nitrogens with zero attached hydrogens (tertiary/aromatic N) is 1. The average Bonchev–Trinajstić information content (AvgIpc) is 2.90. The molecule has 19 heavy (non-hydrogen) atoms. The molecule has 0 aliphatic carbocycles. The van der Waals surface area contributed by atoms with Crippen LogP contribution >= 0.6 is 0 Å². The summed E-state index contributed by atoms with van der Waals surface area (Å²) in [5.41, 5.74) is 0.782. The quantitative estimate of drug-likeness (QED) is 0.798. The highest BCUT2D eigenvalue weighted by Gasteiger charge is 2.47. The molecule has 2 aliphatic rings. The molecule has 3 rings (SSSR count). The minimum absolute atomic E-state index is 0.00490. The molecule has 0 unspecified atom stereocenters. The van der Waals surface area contributed by atoms with Crippen molar-refractivity contribution >= 4 is 17.7 Å². The SMILES string of the molecule is CC[C@@H]1CNC(=O)[C@H]1N1C(=O)c2ccccc2C1=O. The molecule has 1 aromatic carbocycles. The molecule has 1 N–H and O–H groups in total. The van der Waals surface area contributed by atoms with Crippen LogP contribution in [-0.4, -0.2) is 35.2 Å². The first-order valence-electron chi connectivity index (χ1n) is 6.39. The van der Waals surface area contributed by atoms with Gasteiger partial charge in [-0.25, -0.2) is 0 Å². The van der Waals surface area contributed by atoms with E-state index in [9.17, 15) is 14.4 Å². The fraction of sp³-hybridized carbons (Fsp3) is 0.357. The Hall–Kier alpha value is -2.17. The first kappa shape index (κ1) is 11.9. The normalized spacial score (nSPS) is 25.7. The molecule has 0 aromatic heterocycles. The number of nitrogens with one attached hydrogen (secondary N) is 1. The van der Waals surface area contributed by atoms with Crippen molar-refractivity contribution in [3.05, 3.63) is 35.4 Å². The Morgan fingerprint density at radius 2 is 1.74 bits per heavy atom. The zero-order valence-corrected chi connectivity index (χ0v) is 10.6. The lowest BCUT2D eigenvalue weighted by atomic mass is 9.99. The third kappa shape index (κ3) is 1.58. The number of hydrogen-bond donors (Lipinski definition) is 1. The molecule has 1 saturated heterocycles. The summed E-state index contributed by atoms with van der Waals surface area (Å²) in [4.78, 5) is 37.7. The number of rotatable bonds is 2. The maximum Gasteiger partial charge on any atom is 0.262 e. The number of carbonyl (C=O) groups excluding carboxylic acids is 3. The van der Waals surface area contributed by atoms with Crippen LogP contribution in [0.1, 0.15) is 34.1 Å². The van der Waals surface area contributed by atoms with Crippen LogP contribution in [-0.2, 0) is 4.79 Å². The van der Waals surface area contributed by atoms with E-state index in [1.807, 2.05) is 6.92 Å². The Labute approximate surface area is 110 Å². The summed E-state index contributed by atoms with van der Waals surface area (Å²) in [5.74, 6) is -0.960. The predicted molar refractivity (Wildman–Crippen MR) is 67.5 cm³/mol. The summed E-state index contributed by atoms with van der Waals surface area (Å²) in [5, 5.41) is 2.73. The number of carbonyl (C=O) groups is 3. The Balaban J connectivity index is 2.02. The molecule has 1 fully saturated rings. The van der Waals surface area contributed by atoms with Crippen LogP contribution in [0, 0.1) is 5.92 Å². The van der Waals surface area contributed by atoms with Crippen molar-refractivity contribution in [1.82, 2.24) is 10.2 Å². The van der Waals surface area contributed by atoms with Gasteiger partial charge in [-0.05, 0) is 18.6 Å². The maximum absolute atomic E-state index is 12.3. The van der Waals surface area contributed by atoms with Gasteiger partial charge in [-0.1, -0.05) is 19.1 Å². The third-order valence-electron chi connectivity index (χ3n) is 3.88. The van der Waals surface area contributed by atoms with Crippen LogP contribution in [0.5, 0.6) is 0 Å². The van der Waals surface area contributed by atoms with Gasteiger partial charge in [0.2, 0.25) is 5.91 Å². The van der Waals surface area contributed by atoms with Crippen molar-refractivity contribution < 1.29 is 14.4 Å². The predicted octanol–water partition coefficient (Wildman–Crippen LogP) is 0.807. The molecule has 0 spiro atoms. The van der Waals surface area contributed by atoms with Gasteiger partial charge in [0.1, 0.15) is 6.04 Å². The van der Waals surface area contributed by atoms with E-state index in [1.165, 1.54) is 0 Å². The molecule has 1 aromatic rings. The summed E-state index contributed by atoms with van der Waals surface area (Å²) in [6.07, 6.45) is 0.747. The topological polar surface area (TPSA) is 66.5 Å². The second-order valence-electron chi connectivity index (χ2n) is 4.88. The molecule has 98 valence electrons. The lowest BCUT2D eigenvalue weighted by molar-refractivity contribution is -0.123. The minimum atomic E-state index is -0.669. The van der Waals surface area contributed by atoms with Crippen molar-refractivity contribution in [3.8, 4) is 0 Å². The molecule has 2 aliphatic heterocycles. The lowest BCUT2D eigenvalue weighted by Gasteiger charge is -2.24. The second kappa shape index (κ2) is 4.19. The van der Waals surface area contributed by atoms with Crippen LogP contribution in [0.25, 0.3) is 0 Å². The number of imide groups is 1. The molecule has 0 saturated carbocycles. The Morgan fingerprint density at radius 1 is 1.16 bits per heavy atom. The van der Waals surface area contributed by atoms with E-state index in [0.29, 0.717) is 17.7 Å². The Bertz CT molecular complexity index is 547. The smallest absolute Gasteiger partial charge is 0.262 e. The van der Waals surface area contributed by atoms with Gasteiger partial charge in [0.05, 0.1) is 11.1 Å². The third-order valence-corrected chi connectivity index (χ3v) is 3.88. The Kier molecular flexibility index (Phi) is 2.62. The second-order valence-corrected chi connectivity index (χ2v) is 4.88. The maximum atomic E-state index is 12.3. The van der Waals surface area contributed by atoms with Crippen molar-refractivity contribution in [2.45, 2.75) is 19.4 Å². The largest absolute Gasteiger partial charge is 0.354 e. The highest BCUT2D eigenvalue weighted by Crippen LogP contribution is 2.29. The van der Waals surface area contributed by atoms with Crippen LogP contribution in [0.15, 0.2) is 24.3 Å². The van der Waals surface area contributed by atoms with Gasteiger partial charge in [-0.15, -0.1) is 0 Å². The fourth-order valence-electron chi connectivity index (χ4n) is 2.82. The van der Waals surface area contributed by atoms with Crippen LogP contribution < -0.4 is 5.32 Å². The van der Waals surface area contributed by atoms with Crippen molar-refractivity contribution in [3.63, 3.8) is 0 Å². The van der Waals surface area contributed by atoms with Crippen molar-refractivity contribution in [2.24, 2.45) is 5.92 Å². The van der Waals surface area contributed by atoms with E-state index >= 15 is 0 Å². The number of benzene rings is 1. The number of fused-ring (bicyclic) bond motifs is 1. The van der Waals surface area contributed by atoms with E-state index in [4.69, 9.17) is 0 Å². The first-order valence-corrected chi connectivity index (χ1v) is 6.39. The van der Waals surface area contributed by atoms with Crippen molar-refractivity contribution in [2.75, 3.05) is 6.54 Å². The fourth-order valence-corrected chi connectivity index (χ4v) is 2.82. The molecular weight excluding hydrogens is 244 g/mol. The molecule has 5 heteroatoms. The van der Waals surface area contributed by atoms with E-state index in [-0.39, 0.29) is 23.6 Å². The van der Waals surface area contributed by atoms with Gasteiger partial charge in [-0.3, -0.25) is 19.3 Å². The lowest BCUT2D eigenvalue weighted by Crippen LogP contribution is -2.47. The van der Waals surface area contributed by atoms with Crippen molar-refractivity contribution in [1.29, 1.82) is 0 Å². The highest BCUT2D eigenvalue weighted by molar-refractivity contribution is 6.23. The highest BCUT2D eigenvalue weighted by atomic mass is 16.2. The summed E-state index contributed by atoms with van der Waals surface area (Å²) >= 11 is 0. The molecule has 2 heterocycles. The molecule has 2 atom stereocenters. The average molecular weight is 258 g/mol. The van der Waals surface area contributed by atoms with Gasteiger partial charge >= 0.3 is 0 Å². The van der Waals surface area contributed by atoms with Crippen LogP contribution in [0.3, 0.4) is 0 Å². The van der Waals surface area contributed by atoms with Gasteiger partial charge in [0, 0.05) is 12.5 Å². The molecule has 5 nitrogen and oxygen atoms in total. The molecule has 3 amide bonds. The summed E-state index contributed by atoms with van der Waals surface area (Å²) in [7, 11) is 0. The van der Waals surface area contributed by atoms with Gasteiger partial charge < -0.3 is 5.32 Å². The molecular formula is C14H14N2O3. The monoisotopic (exact) mass is 258 g/mol. The van der Waals surface area contributed by atoms with Gasteiger partial charge in [0.15, 0.2) is 0 Å². The van der Waals surface area contributed by atoms with E-state index in [1.54, 1.807) is 24.3 Å². The summed E-state index contributed by atoms with van der Waals surface area (Å²) in [6, 6.07) is 6.03. The van der Waals surface area contributed by atoms with E-state index in [2.05, 4.69) is 5.32 Å². The zero-order chi connectivity index (χ0) is 13.6. The van der Waals surface area contributed by atoms with Crippen LogP contribution in [0.4, 0.5) is 0 Å². The Morgan fingerprint density at radius 3 is 2.26 bits per heavy atom. The summed E-state index contributed by atoms with van der Waals surface area (Å²) in [6.45, 7) is 2.48. The first-order chi connectivity index (χ1) is 9.15. The summed E-state index contributed by atoms with van der Waals surface area (Å²) < 4.78 is 0. The van der Waals surface area contributed by atoms with E-state index in [0.717, 1.165) is 11.3 Å². The van der Waals surface area contributed by atoms with Gasteiger partial charge in [-0.2, -0.15) is 0 Å². The van der Waals surface area contributed by atoms with E-state index < -0.39 is 6.04 Å². The number of amides is 3. The number of hydrogen-bond acceptors (Lipinski definition) is 3. The van der Waals surface area contributed by atoms with Gasteiger partial charge in [0.25, 0.3) is 11.8 Å². The molecule has 0 radical (unpaired) electrons. The molecule has 0 bridgehead atoms. The standard InChI is InChI=1S/C14H14N2O3/c1-2-8-7-15-12(17)11(8)16-13(18)9-5-3-4-6-10(9)14(16)19/h3-6,8,11H,2,7H2,1H3,(H,15,17)/t8-,11+/m1/s1.